The van der Waals surface area contributed by atoms with Gasteiger partial charge in [0.2, 0.25) is 5.43 Å². The van der Waals surface area contributed by atoms with E-state index in [9.17, 15) is 14.4 Å². The third-order valence-corrected chi connectivity index (χ3v) is 6.26. The largest absolute Gasteiger partial charge is 0.462 e. The lowest BCUT2D eigenvalue weighted by Crippen LogP contribution is -2.47. The average Bonchev–Trinajstić information content (AvgIpc) is 2.68. The highest BCUT2D eigenvalue weighted by molar-refractivity contribution is 14.1. The first-order valence-electron chi connectivity index (χ1n) is 10.6. The van der Waals surface area contributed by atoms with Crippen LogP contribution in [-0.2, 0) is 15.9 Å². The van der Waals surface area contributed by atoms with Crippen molar-refractivity contribution < 1.29 is 19.1 Å². The fraction of sp³-hybridized carbons (Fsp3) is 0.522. The molecule has 1 amide bonds. The molecule has 0 aliphatic carbocycles. The molecule has 8 heteroatoms. The second-order valence-electron chi connectivity index (χ2n) is 8.77. The number of aromatic nitrogens is 1. The minimum absolute atomic E-state index is 0.00119. The number of carbonyl (C=O) groups is 2. The van der Waals surface area contributed by atoms with Crippen LogP contribution in [-0.4, -0.2) is 46.7 Å². The van der Waals surface area contributed by atoms with Crippen LogP contribution in [0.1, 0.15) is 62.9 Å². The van der Waals surface area contributed by atoms with Crippen LogP contribution in [0.4, 0.5) is 4.79 Å². The van der Waals surface area contributed by atoms with Gasteiger partial charge < -0.3 is 19.4 Å². The highest BCUT2D eigenvalue weighted by Gasteiger charge is 2.31. The number of H-pyrrole nitrogens is 1. The Hall–Kier alpha value is -2.10. The van der Waals surface area contributed by atoms with E-state index >= 15 is 0 Å². The van der Waals surface area contributed by atoms with Crippen LogP contribution >= 0.6 is 22.6 Å². The number of nitrogens with one attached hydrogen (secondary N) is 1. The van der Waals surface area contributed by atoms with E-state index in [4.69, 9.17) is 9.47 Å². The minimum atomic E-state index is -0.625. The summed E-state index contributed by atoms with van der Waals surface area (Å²) in [4.78, 5) is 42.4. The molecule has 3 rings (SSSR count). The molecule has 1 aromatic carbocycles. The molecule has 1 aromatic heterocycles. The van der Waals surface area contributed by atoms with E-state index in [0.29, 0.717) is 23.9 Å². The number of carbonyl (C=O) groups excluding carboxylic acids is 2. The summed E-state index contributed by atoms with van der Waals surface area (Å²) in [5.41, 5.74) is 0.833. The molecule has 1 N–H and O–H groups in total. The van der Waals surface area contributed by atoms with E-state index in [0.717, 1.165) is 28.4 Å². The number of nitrogens with zero attached hydrogens (tertiary/aromatic N) is 1. The van der Waals surface area contributed by atoms with E-state index in [1.54, 1.807) is 13.0 Å². The fourth-order valence-electron chi connectivity index (χ4n) is 3.83. The van der Waals surface area contributed by atoms with Crippen LogP contribution < -0.4 is 5.43 Å². The predicted molar refractivity (Wildman–Crippen MR) is 128 cm³/mol. The van der Waals surface area contributed by atoms with Crippen molar-refractivity contribution in [2.45, 2.75) is 65.0 Å². The van der Waals surface area contributed by atoms with Crippen LogP contribution in [0.2, 0.25) is 0 Å². The Kier molecular flexibility index (Phi) is 7.28. The second kappa shape index (κ2) is 9.58. The molecule has 1 aliphatic rings. The fourth-order valence-corrected chi connectivity index (χ4v) is 4.52. The van der Waals surface area contributed by atoms with Crippen LogP contribution in [0, 0.1) is 3.57 Å². The maximum atomic E-state index is 12.8. The molecule has 0 bridgehead atoms. The Balaban J connectivity index is 1.89. The van der Waals surface area contributed by atoms with Gasteiger partial charge in [-0.15, -0.1) is 0 Å². The highest BCUT2D eigenvalue weighted by atomic mass is 127. The Morgan fingerprint density at radius 2 is 2.00 bits per heavy atom. The van der Waals surface area contributed by atoms with Crippen molar-refractivity contribution in [2.75, 3.05) is 13.2 Å². The van der Waals surface area contributed by atoms with Gasteiger partial charge in [-0.1, -0.05) is 0 Å². The van der Waals surface area contributed by atoms with Crippen molar-refractivity contribution in [3.8, 4) is 0 Å². The van der Waals surface area contributed by atoms with Gasteiger partial charge in [-0.3, -0.25) is 4.79 Å². The third kappa shape index (κ3) is 5.58. The molecule has 2 heterocycles. The summed E-state index contributed by atoms with van der Waals surface area (Å²) in [7, 11) is 0. The zero-order valence-electron chi connectivity index (χ0n) is 18.4. The highest BCUT2D eigenvalue weighted by Crippen LogP contribution is 2.27. The van der Waals surface area contributed by atoms with Crippen LogP contribution in [0.25, 0.3) is 10.9 Å². The minimum Gasteiger partial charge on any atom is -0.462 e. The lowest BCUT2D eigenvalue weighted by atomic mass is 9.95. The van der Waals surface area contributed by atoms with E-state index in [1.807, 2.05) is 31.7 Å². The third-order valence-electron chi connectivity index (χ3n) is 5.25. The number of benzene rings is 1. The molecule has 1 aliphatic heterocycles. The van der Waals surface area contributed by atoms with Gasteiger partial charge in [0, 0.05) is 33.3 Å². The maximum absolute atomic E-state index is 12.8. The second-order valence-corrected chi connectivity index (χ2v) is 9.93. The topological polar surface area (TPSA) is 88.7 Å². The molecule has 1 saturated heterocycles. The van der Waals surface area contributed by atoms with E-state index < -0.39 is 11.6 Å². The maximum Gasteiger partial charge on any atom is 0.410 e. The first-order chi connectivity index (χ1) is 14.6. The van der Waals surface area contributed by atoms with Gasteiger partial charge in [0.15, 0.2) is 0 Å². The van der Waals surface area contributed by atoms with E-state index in [-0.39, 0.29) is 29.7 Å². The number of hydrogen-bond acceptors (Lipinski definition) is 5. The Morgan fingerprint density at radius 1 is 1.26 bits per heavy atom. The molecule has 0 saturated carbocycles. The summed E-state index contributed by atoms with van der Waals surface area (Å²) < 4.78 is 11.5. The molecule has 31 heavy (non-hydrogen) atoms. The predicted octanol–water partition coefficient (Wildman–Crippen LogP) is 4.64. The number of pyridine rings is 1. The zero-order valence-corrected chi connectivity index (χ0v) is 20.6. The summed E-state index contributed by atoms with van der Waals surface area (Å²) in [6.45, 7) is 8.21. The van der Waals surface area contributed by atoms with Gasteiger partial charge in [-0.2, -0.15) is 0 Å². The van der Waals surface area contributed by atoms with Crippen LogP contribution in [0.15, 0.2) is 23.1 Å². The standard InChI is InChI=1S/C23H29IN2O5/c1-5-30-21(28)17-13-25-19-11-14(18(24)12-16(19)20(17)27)10-15-8-6-7-9-26(15)22(29)31-23(2,3)4/h11-13,15H,5-10H2,1-4H3,(H,25,27). The van der Waals surface area contributed by atoms with Crippen molar-refractivity contribution in [3.05, 3.63) is 43.2 Å². The number of rotatable bonds is 4. The molecule has 7 nitrogen and oxygen atoms in total. The molecular weight excluding hydrogens is 511 g/mol. The van der Waals surface area contributed by atoms with Gasteiger partial charge >= 0.3 is 12.1 Å². The number of fused-ring (bicyclic) bond motifs is 1. The lowest BCUT2D eigenvalue weighted by Gasteiger charge is -2.37. The monoisotopic (exact) mass is 540 g/mol. The van der Waals surface area contributed by atoms with E-state index in [2.05, 4.69) is 27.6 Å². The summed E-state index contributed by atoms with van der Waals surface area (Å²) >= 11 is 2.21. The number of aromatic amines is 1. The molecular formula is C23H29IN2O5. The quantitative estimate of drug-likeness (QED) is 0.451. The molecule has 168 valence electrons. The lowest BCUT2D eigenvalue weighted by molar-refractivity contribution is 0.00991. The normalized spacial score (nSPS) is 16.9. The summed E-state index contributed by atoms with van der Waals surface area (Å²) in [6.07, 6.45) is 4.75. The molecule has 1 unspecified atom stereocenters. The van der Waals surface area contributed by atoms with Gasteiger partial charge in [-0.25, -0.2) is 9.59 Å². The molecule has 1 atom stereocenters. The van der Waals surface area contributed by atoms with Crippen LogP contribution in [0.3, 0.4) is 0 Å². The number of piperidine rings is 1. The SMILES string of the molecule is CCOC(=O)c1c[nH]c2cc(CC3CCCCN3C(=O)OC(C)(C)C)c(I)cc2c1=O. The Bertz CT molecular complexity index is 1040. The number of amides is 1. The molecule has 0 radical (unpaired) electrons. The first-order valence-corrected chi connectivity index (χ1v) is 11.7. The van der Waals surface area contributed by atoms with E-state index in [1.165, 1.54) is 6.20 Å². The number of likely N-dealkylation sites (tertiary alicyclic amines) is 1. The zero-order chi connectivity index (χ0) is 22.8. The molecule has 1 fully saturated rings. The van der Waals surface area contributed by atoms with Crippen molar-refractivity contribution in [3.63, 3.8) is 0 Å². The number of hydrogen-bond donors (Lipinski definition) is 1. The molecule has 2 aromatic rings. The molecule has 0 spiro atoms. The summed E-state index contributed by atoms with van der Waals surface area (Å²) in [5, 5.41) is 0.450. The number of halogens is 1. The Labute approximate surface area is 195 Å². The van der Waals surface area contributed by atoms with Crippen molar-refractivity contribution in [1.82, 2.24) is 9.88 Å². The average molecular weight is 540 g/mol. The summed E-state index contributed by atoms with van der Waals surface area (Å²) in [5.74, 6) is -0.625. The first kappa shape index (κ1) is 23.6. The summed E-state index contributed by atoms with van der Waals surface area (Å²) in [6, 6.07) is 3.78. The van der Waals surface area contributed by atoms with Gasteiger partial charge in [0.05, 0.1) is 6.61 Å². The van der Waals surface area contributed by atoms with Crippen molar-refractivity contribution >= 4 is 45.6 Å². The van der Waals surface area contributed by atoms with Gasteiger partial charge in [0.1, 0.15) is 11.2 Å². The van der Waals surface area contributed by atoms with Crippen molar-refractivity contribution in [1.29, 1.82) is 0 Å². The number of esters is 1. The smallest absolute Gasteiger partial charge is 0.410 e. The van der Waals surface area contributed by atoms with Crippen LogP contribution in [0.5, 0.6) is 0 Å². The number of ether oxygens (including phenoxy) is 2. The van der Waals surface area contributed by atoms with Gasteiger partial charge in [0.25, 0.3) is 0 Å². The Morgan fingerprint density at radius 3 is 2.68 bits per heavy atom. The van der Waals surface area contributed by atoms with Crippen molar-refractivity contribution in [2.24, 2.45) is 0 Å². The van der Waals surface area contributed by atoms with Gasteiger partial charge in [-0.05, 0) is 93.7 Å².